The van der Waals surface area contributed by atoms with Crippen molar-refractivity contribution in [1.82, 2.24) is 9.80 Å². The van der Waals surface area contributed by atoms with Gasteiger partial charge in [-0.3, -0.25) is 19.3 Å². The zero-order chi connectivity index (χ0) is 26.0. The summed E-state index contributed by atoms with van der Waals surface area (Å²) in [5.74, 6) is -6.46. The highest BCUT2D eigenvalue weighted by atomic mass is 16.3. The molecule has 10 heteroatoms. The van der Waals surface area contributed by atoms with Crippen molar-refractivity contribution in [2.75, 3.05) is 27.7 Å². The Balaban J connectivity index is 1.94. The van der Waals surface area contributed by atoms with E-state index < -0.39 is 58.0 Å². The highest BCUT2D eigenvalue weighted by Crippen LogP contribution is 2.52. The molecule has 1 aromatic carbocycles. The summed E-state index contributed by atoms with van der Waals surface area (Å²) >= 11 is 0. The summed E-state index contributed by atoms with van der Waals surface area (Å²) < 4.78 is 0. The molecule has 0 spiro atoms. The third kappa shape index (κ3) is 3.47. The van der Waals surface area contributed by atoms with E-state index in [-0.39, 0.29) is 29.7 Å². The van der Waals surface area contributed by atoms with E-state index in [4.69, 9.17) is 5.73 Å². The molecule has 10 nitrogen and oxygen atoms in total. The Bertz CT molecular complexity index is 1200. The minimum absolute atomic E-state index is 0.0739. The van der Waals surface area contributed by atoms with Crippen molar-refractivity contribution in [3.8, 4) is 5.75 Å². The van der Waals surface area contributed by atoms with Crippen LogP contribution in [0, 0.1) is 11.8 Å². The number of likely N-dealkylation sites (N-methyl/N-ethyl adjacent to an activating group) is 1. The molecule has 6 N–H and O–H groups in total. The predicted octanol–water partition coefficient (Wildman–Crippen LogP) is 0.416. The maximum absolute atomic E-state index is 13.8. The molecule has 1 amide bonds. The zero-order valence-corrected chi connectivity index (χ0v) is 20.2. The number of carbonyl (C=O) groups excluding carboxylic acids is 3. The van der Waals surface area contributed by atoms with Gasteiger partial charge in [-0.05, 0) is 63.6 Å². The number of ketones is 2. The fourth-order valence-corrected chi connectivity index (χ4v) is 5.86. The molecule has 0 saturated heterocycles. The van der Waals surface area contributed by atoms with Gasteiger partial charge in [-0.1, -0.05) is 13.0 Å². The van der Waals surface area contributed by atoms with Gasteiger partial charge < -0.3 is 31.1 Å². The first-order chi connectivity index (χ1) is 16.4. The number of hydrogen-bond donors (Lipinski definition) is 5. The van der Waals surface area contributed by atoms with Crippen LogP contribution in [0.15, 0.2) is 29.0 Å². The largest absolute Gasteiger partial charge is 0.508 e. The van der Waals surface area contributed by atoms with Gasteiger partial charge in [-0.2, -0.15) is 0 Å². The predicted molar refractivity (Wildman–Crippen MR) is 126 cm³/mol. The van der Waals surface area contributed by atoms with Gasteiger partial charge in [0.05, 0.1) is 11.6 Å². The van der Waals surface area contributed by atoms with Crippen LogP contribution in [0.3, 0.4) is 0 Å². The van der Waals surface area contributed by atoms with E-state index in [2.05, 4.69) is 4.90 Å². The molecule has 0 radical (unpaired) electrons. The maximum atomic E-state index is 13.8. The molecule has 3 aliphatic carbocycles. The van der Waals surface area contributed by atoms with Gasteiger partial charge in [0.25, 0.3) is 5.91 Å². The van der Waals surface area contributed by atoms with E-state index in [9.17, 15) is 34.8 Å². The Kier molecular flexibility index (Phi) is 6.03. The highest BCUT2D eigenvalue weighted by molar-refractivity contribution is 6.24. The van der Waals surface area contributed by atoms with Gasteiger partial charge in [0.15, 0.2) is 11.4 Å². The molecule has 0 aromatic heterocycles. The average molecular weight is 486 g/mol. The molecular weight excluding hydrogens is 454 g/mol. The lowest BCUT2D eigenvalue weighted by Crippen LogP contribution is -2.65. The summed E-state index contributed by atoms with van der Waals surface area (Å²) in [5, 5.41) is 44.2. The minimum atomic E-state index is -2.62. The lowest BCUT2D eigenvalue weighted by molar-refractivity contribution is -0.153. The van der Waals surface area contributed by atoms with Crippen molar-refractivity contribution in [2.24, 2.45) is 17.6 Å². The number of aromatic hydroxyl groups is 1. The lowest BCUT2D eigenvalue weighted by Gasteiger charge is -2.50. The number of primary amides is 1. The van der Waals surface area contributed by atoms with Crippen molar-refractivity contribution in [1.29, 1.82) is 0 Å². The Morgan fingerprint density at radius 2 is 1.83 bits per heavy atom. The van der Waals surface area contributed by atoms with Crippen molar-refractivity contribution in [2.45, 2.75) is 38.0 Å². The number of phenolic OH excluding ortho intramolecular Hbond substituents is 1. The summed E-state index contributed by atoms with van der Waals surface area (Å²) in [6.45, 7) is 3.34. The summed E-state index contributed by atoms with van der Waals surface area (Å²) in [5.41, 5.74) is 3.42. The molecule has 188 valence electrons. The van der Waals surface area contributed by atoms with Crippen molar-refractivity contribution in [3.63, 3.8) is 0 Å². The van der Waals surface area contributed by atoms with E-state index in [1.54, 1.807) is 20.2 Å². The second-order valence-corrected chi connectivity index (χ2v) is 9.89. The second kappa shape index (κ2) is 8.47. The molecular formula is C25H31N3O7. The third-order valence-corrected chi connectivity index (χ3v) is 7.68. The van der Waals surface area contributed by atoms with Gasteiger partial charge >= 0.3 is 0 Å². The monoisotopic (exact) mass is 485 g/mol. The topological polar surface area (TPSA) is 165 Å². The quantitative estimate of drug-likeness (QED) is 0.372. The van der Waals surface area contributed by atoms with Gasteiger partial charge in [-0.25, -0.2) is 0 Å². The normalized spacial score (nSPS) is 28.4. The number of nitrogens with two attached hydrogens (primary N) is 1. The summed E-state index contributed by atoms with van der Waals surface area (Å²) in [6, 6.07) is 2.13. The molecule has 0 heterocycles. The molecule has 0 unspecified atom stereocenters. The van der Waals surface area contributed by atoms with Crippen LogP contribution in [0.1, 0.15) is 30.0 Å². The fourth-order valence-electron chi connectivity index (χ4n) is 5.86. The summed E-state index contributed by atoms with van der Waals surface area (Å²) in [6.07, 6.45) is 0.361. The Hall–Kier alpha value is -3.21. The van der Waals surface area contributed by atoms with Crippen LogP contribution in [-0.2, 0) is 27.3 Å². The molecule has 1 aromatic rings. The number of aliphatic hydroxyl groups is 3. The second-order valence-electron chi connectivity index (χ2n) is 9.89. The SMILES string of the molecule is CCN(C)Cc1ccc(O)c2c1C[C@H]1C[C@H]3[C@H](N(C)C)C(=O)C(C(N)=O)=C(O)[C@@]3(O)C(=O)C1=C2O. The number of benzene rings is 1. The summed E-state index contributed by atoms with van der Waals surface area (Å²) in [7, 11) is 5.09. The van der Waals surface area contributed by atoms with Gasteiger partial charge in [0.2, 0.25) is 5.78 Å². The number of nitrogens with zero attached hydrogens (tertiary/aromatic N) is 2. The van der Waals surface area contributed by atoms with Crippen LogP contribution in [0.4, 0.5) is 0 Å². The standard InChI is InChI=1S/C25H31N3O7/c1-5-28(4)10-11-6-7-15(29)17-13(11)8-12-9-14-19(27(2)3)21(31)18(24(26)34)23(33)25(14,35)22(32)16(12)20(17)30/h6-7,12,14,19,29-30,33,35H,5,8-10H2,1-4H3,(H2,26,34)/t12-,14-,19-,25-/m0/s1. The Morgan fingerprint density at radius 3 is 2.40 bits per heavy atom. The van der Waals surface area contributed by atoms with Gasteiger partial charge in [-0.15, -0.1) is 0 Å². The van der Waals surface area contributed by atoms with Gasteiger partial charge in [0.1, 0.15) is 22.8 Å². The molecule has 1 fully saturated rings. The maximum Gasteiger partial charge on any atom is 0.255 e. The molecule has 0 bridgehead atoms. The first-order valence-corrected chi connectivity index (χ1v) is 11.5. The Labute approximate surface area is 202 Å². The molecule has 35 heavy (non-hydrogen) atoms. The molecule has 4 atom stereocenters. The average Bonchev–Trinajstić information content (AvgIpc) is 2.77. The van der Waals surface area contributed by atoms with Crippen molar-refractivity contribution in [3.05, 3.63) is 45.7 Å². The van der Waals surface area contributed by atoms with E-state index >= 15 is 0 Å². The van der Waals surface area contributed by atoms with E-state index in [1.165, 1.54) is 11.0 Å². The smallest absolute Gasteiger partial charge is 0.255 e. The third-order valence-electron chi connectivity index (χ3n) is 7.68. The van der Waals surface area contributed by atoms with Crippen LogP contribution < -0.4 is 5.73 Å². The van der Waals surface area contributed by atoms with Crippen LogP contribution >= 0.6 is 0 Å². The number of amides is 1. The van der Waals surface area contributed by atoms with Crippen LogP contribution in [0.5, 0.6) is 5.75 Å². The first-order valence-electron chi connectivity index (χ1n) is 11.5. The number of carbonyl (C=O) groups is 3. The summed E-state index contributed by atoms with van der Waals surface area (Å²) in [4.78, 5) is 42.5. The minimum Gasteiger partial charge on any atom is -0.508 e. The van der Waals surface area contributed by atoms with Crippen molar-refractivity contribution < 1.29 is 34.8 Å². The lowest BCUT2D eigenvalue weighted by atomic mass is 9.57. The number of hydrogen-bond acceptors (Lipinski definition) is 9. The van der Waals surface area contributed by atoms with Crippen LogP contribution in [0.25, 0.3) is 5.76 Å². The number of Topliss-reactive ketones (excluding diaryl/α,β-unsaturated/α-hetero) is 2. The molecule has 1 saturated carbocycles. The molecule has 3 aliphatic rings. The van der Waals surface area contributed by atoms with E-state index in [0.29, 0.717) is 12.1 Å². The number of phenols is 1. The molecule has 4 rings (SSSR count). The van der Waals surface area contributed by atoms with Gasteiger partial charge in [0, 0.05) is 18.0 Å². The Morgan fingerprint density at radius 1 is 1.17 bits per heavy atom. The first kappa shape index (κ1) is 24.9. The van der Waals surface area contributed by atoms with Crippen LogP contribution in [-0.4, -0.2) is 87.0 Å². The van der Waals surface area contributed by atoms with E-state index in [1.807, 2.05) is 14.0 Å². The number of rotatable bonds is 5. The molecule has 0 aliphatic heterocycles. The van der Waals surface area contributed by atoms with Crippen molar-refractivity contribution >= 4 is 23.2 Å². The highest BCUT2D eigenvalue weighted by Gasteiger charge is 2.64. The number of fused-ring (bicyclic) bond motifs is 3. The fraction of sp³-hybridized carbons (Fsp3) is 0.480. The zero-order valence-electron chi connectivity index (χ0n) is 20.2. The van der Waals surface area contributed by atoms with Crippen LogP contribution in [0.2, 0.25) is 0 Å². The van der Waals surface area contributed by atoms with E-state index in [0.717, 1.165) is 12.1 Å². The number of aliphatic hydroxyl groups excluding tert-OH is 2.